The fourth-order valence-electron chi connectivity index (χ4n) is 2.42. The van der Waals surface area contributed by atoms with E-state index in [0.717, 1.165) is 17.2 Å². The quantitative estimate of drug-likeness (QED) is 0.838. The summed E-state index contributed by atoms with van der Waals surface area (Å²) in [6.45, 7) is 4.91. The molecule has 1 amide bonds. The lowest BCUT2D eigenvalue weighted by molar-refractivity contribution is -0.120. The van der Waals surface area contributed by atoms with Gasteiger partial charge in [0.1, 0.15) is 0 Å². The Kier molecular flexibility index (Phi) is 4.24. The predicted molar refractivity (Wildman–Crippen MR) is 74.6 cm³/mol. The van der Waals surface area contributed by atoms with Crippen molar-refractivity contribution in [1.82, 2.24) is 5.32 Å². The van der Waals surface area contributed by atoms with Crippen LogP contribution in [0.4, 0.5) is 5.69 Å². The Balaban J connectivity index is 1.83. The van der Waals surface area contributed by atoms with Gasteiger partial charge in [-0.05, 0) is 43.4 Å². The summed E-state index contributed by atoms with van der Waals surface area (Å²) in [6, 6.07) is 8.82. The number of hydrogen-bond donors (Lipinski definition) is 2. The standard InChI is InChI=1S/C15H22N2O/c1-3-16-15(18)10-12-4-6-13(7-5-12)17-14-8-11(2)9-14/h4-7,11,14,17H,3,8-10H2,1-2H3,(H,16,18). The molecule has 2 rings (SSSR count). The average molecular weight is 246 g/mol. The summed E-state index contributed by atoms with van der Waals surface area (Å²) in [4.78, 5) is 11.4. The number of hydrogen-bond acceptors (Lipinski definition) is 2. The molecule has 0 atom stereocenters. The minimum Gasteiger partial charge on any atom is -0.382 e. The topological polar surface area (TPSA) is 41.1 Å². The van der Waals surface area contributed by atoms with Crippen molar-refractivity contribution in [3.8, 4) is 0 Å². The normalized spacial score (nSPS) is 22.1. The van der Waals surface area contributed by atoms with Gasteiger partial charge in [-0.3, -0.25) is 4.79 Å². The van der Waals surface area contributed by atoms with Crippen LogP contribution in [0.2, 0.25) is 0 Å². The van der Waals surface area contributed by atoms with Gasteiger partial charge in [-0.25, -0.2) is 0 Å². The third kappa shape index (κ3) is 3.49. The second-order valence-corrected chi connectivity index (χ2v) is 5.25. The maximum Gasteiger partial charge on any atom is 0.224 e. The summed E-state index contributed by atoms with van der Waals surface area (Å²) in [5, 5.41) is 6.32. The Morgan fingerprint density at radius 3 is 2.50 bits per heavy atom. The van der Waals surface area contributed by atoms with Gasteiger partial charge in [0.25, 0.3) is 0 Å². The minimum atomic E-state index is 0.0889. The van der Waals surface area contributed by atoms with Crippen LogP contribution in [0.25, 0.3) is 0 Å². The molecule has 1 aromatic rings. The second kappa shape index (κ2) is 5.89. The number of carbonyl (C=O) groups excluding carboxylic acids is 1. The van der Waals surface area contributed by atoms with Crippen molar-refractivity contribution < 1.29 is 4.79 Å². The lowest BCUT2D eigenvalue weighted by Crippen LogP contribution is -2.33. The number of carbonyl (C=O) groups is 1. The molecule has 0 saturated heterocycles. The van der Waals surface area contributed by atoms with E-state index in [2.05, 4.69) is 29.7 Å². The Labute approximate surface area is 109 Å². The molecule has 0 bridgehead atoms. The highest BCUT2D eigenvalue weighted by molar-refractivity contribution is 5.78. The summed E-state index contributed by atoms with van der Waals surface area (Å²) < 4.78 is 0. The van der Waals surface area contributed by atoms with E-state index in [1.54, 1.807) is 0 Å². The van der Waals surface area contributed by atoms with Gasteiger partial charge >= 0.3 is 0 Å². The molecule has 3 heteroatoms. The average Bonchev–Trinajstić information content (AvgIpc) is 2.30. The highest BCUT2D eigenvalue weighted by Gasteiger charge is 2.24. The highest BCUT2D eigenvalue weighted by atomic mass is 16.1. The van der Waals surface area contributed by atoms with Crippen molar-refractivity contribution in [2.75, 3.05) is 11.9 Å². The zero-order chi connectivity index (χ0) is 13.0. The van der Waals surface area contributed by atoms with Crippen LogP contribution in [0, 0.1) is 5.92 Å². The summed E-state index contributed by atoms with van der Waals surface area (Å²) in [7, 11) is 0. The van der Waals surface area contributed by atoms with Gasteiger partial charge in [0.05, 0.1) is 6.42 Å². The zero-order valence-electron chi connectivity index (χ0n) is 11.2. The fraction of sp³-hybridized carbons (Fsp3) is 0.533. The highest BCUT2D eigenvalue weighted by Crippen LogP contribution is 2.29. The van der Waals surface area contributed by atoms with E-state index in [9.17, 15) is 4.79 Å². The van der Waals surface area contributed by atoms with Gasteiger partial charge in [0, 0.05) is 18.3 Å². The molecule has 0 radical (unpaired) electrons. The van der Waals surface area contributed by atoms with Crippen LogP contribution in [0.5, 0.6) is 0 Å². The number of amides is 1. The first-order valence-corrected chi connectivity index (χ1v) is 6.79. The third-order valence-electron chi connectivity index (χ3n) is 3.44. The van der Waals surface area contributed by atoms with Crippen molar-refractivity contribution in [1.29, 1.82) is 0 Å². The van der Waals surface area contributed by atoms with E-state index in [0.29, 0.717) is 19.0 Å². The predicted octanol–water partition coefficient (Wildman–Crippen LogP) is 2.58. The van der Waals surface area contributed by atoms with Crippen LogP contribution in [0.3, 0.4) is 0 Å². The molecule has 1 aliphatic rings. The maximum absolute atomic E-state index is 11.4. The fourth-order valence-corrected chi connectivity index (χ4v) is 2.42. The van der Waals surface area contributed by atoms with E-state index < -0.39 is 0 Å². The summed E-state index contributed by atoms with van der Waals surface area (Å²) in [6.07, 6.45) is 3.00. The molecule has 98 valence electrons. The Morgan fingerprint density at radius 2 is 1.94 bits per heavy atom. The number of nitrogens with one attached hydrogen (secondary N) is 2. The lowest BCUT2D eigenvalue weighted by Gasteiger charge is -2.34. The summed E-state index contributed by atoms with van der Waals surface area (Å²) in [5.74, 6) is 0.950. The molecule has 0 unspecified atom stereocenters. The molecule has 1 aromatic carbocycles. The first kappa shape index (κ1) is 12.9. The van der Waals surface area contributed by atoms with Crippen LogP contribution in [0.15, 0.2) is 24.3 Å². The third-order valence-corrected chi connectivity index (χ3v) is 3.44. The first-order chi connectivity index (χ1) is 8.67. The van der Waals surface area contributed by atoms with Crippen LogP contribution >= 0.6 is 0 Å². The summed E-state index contributed by atoms with van der Waals surface area (Å²) in [5.41, 5.74) is 2.22. The molecule has 3 nitrogen and oxygen atoms in total. The molecule has 0 aromatic heterocycles. The SMILES string of the molecule is CCNC(=O)Cc1ccc(NC2CC(C)C2)cc1. The second-order valence-electron chi connectivity index (χ2n) is 5.25. The molecule has 1 saturated carbocycles. The molecular formula is C15H22N2O. The van der Waals surface area contributed by atoms with E-state index >= 15 is 0 Å². The van der Waals surface area contributed by atoms with Crippen LogP contribution < -0.4 is 10.6 Å². The van der Waals surface area contributed by atoms with Crippen LogP contribution in [-0.4, -0.2) is 18.5 Å². The first-order valence-electron chi connectivity index (χ1n) is 6.79. The Hall–Kier alpha value is -1.51. The monoisotopic (exact) mass is 246 g/mol. The van der Waals surface area contributed by atoms with E-state index in [4.69, 9.17) is 0 Å². The molecule has 18 heavy (non-hydrogen) atoms. The smallest absolute Gasteiger partial charge is 0.224 e. The van der Waals surface area contributed by atoms with Gasteiger partial charge in [0.2, 0.25) is 5.91 Å². The van der Waals surface area contributed by atoms with Crippen LogP contribution in [-0.2, 0) is 11.2 Å². The van der Waals surface area contributed by atoms with Crippen molar-refractivity contribution in [2.45, 2.75) is 39.2 Å². The van der Waals surface area contributed by atoms with Crippen molar-refractivity contribution in [3.63, 3.8) is 0 Å². The van der Waals surface area contributed by atoms with Gasteiger partial charge in [-0.1, -0.05) is 19.1 Å². The maximum atomic E-state index is 11.4. The number of benzene rings is 1. The molecule has 0 spiro atoms. The molecule has 0 aliphatic heterocycles. The lowest BCUT2D eigenvalue weighted by atomic mass is 9.82. The Bertz CT molecular complexity index is 393. The largest absolute Gasteiger partial charge is 0.382 e. The van der Waals surface area contributed by atoms with Gasteiger partial charge in [0.15, 0.2) is 0 Å². The van der Waals surface area contributed by atoms with Crippen molar-refractivity contribution in [3.05, 3.63) is 29.8 Å². The molecule has 0 heterocycles. The van der Waals surface area contributed by atoms with Crippen LogP contribution in [0.1, 0.15) is 32.3 Å². The molecular weight excluding hydrogens is 224 g/mol. The number of likely N-dealkylation sites (N-methyl/N-ethyl adjacent to an activating group) is 1. The molecule has 2 N–H and O–H groups in total. The summed E-state index contributed by atoms with van der Waals surface area (Å²) >= 11 is 0. The van der Waals surface area contributed by atoms with Crippen molar-refractivity contribution >= 4 is 11.6 Å². The van der Waals surface area contributed by atoms with Gasteiger partial charge in [-0.2, -0.15) is 0 Å². The zero-order valence-corrected chi connectivity index (χ0v) is 11.2. The van der Waals surface area contributed by atoms with E-state index in [1.165, 1.54) is 12.8 Å². The number of rotatable bonds is 5. The van der Waals surface area contributed by atoms with Gasteiger partial charge < -0.3 is 10.6 Å². The van der Waals surface area contributed by atoms with E-state index in [1.807, 2.05) is 19.1 Å². The minimum absolute atomic E-state index is 0.0889. The number of anilines is 1. The van der Waals surface area contributed by atoms with Crippen molar-refractivity contribution in [2.24, 2.45) is 5.92 Å². The van der Waals surface area contributed by atoms with E-state index in [-0.39, 0.29) is 5.91 Å². The molecule has 1 aliphatic carbocycles. The Morgan fingerprint density at radius 1 is 1.28 bits per heavy atom. The molecule has 1 fully saturated rings. The van der Waals surface area contributed by atoms with Gasteiger partial charge in [-0.15, -0.1) is 0 Å².